The van der Waals surface area contributed by atoms with Gasteiger partial charge in [0.15, 0.2) is 5.13 Å². The fourth-order valence-corrected chi connectivity index (χ4v) is 3.64. The lowest BCUT2D eigenvalue weighted by atomic mass is 10.1. The highest BCUT2D eigenvalue weighted by Crippen LogP contribution is 2.20. The van der Waals surface area contributed by atoms with Crippen molar-refractivity contribution in [2.45, 2.75) is 32.6 Å². The van der Waals surface area contributed by atoms with Gasteiger partial charge in [0.1, 0.15) is 0 Å². The highest BCUT2D eigenvalue weighted by atomic mass is 32.1. The monoisotopic (exact) mass is 356 g/mol. The number of hydrogen-bond donors (Lipinski definition) is 1. The summed E-state index contributed by atoms with van der Waals surface area (Å²) < 4.78 is 5.74. The molecule has 6 nitrogen and oxygen atoms in total. The van der Waals surface area contributed by atoms with Crippen LogP contribution in [0.3, 0.4) is 0 Å². The minimum absolute atomic E-state index is 0.220. The third-order valence-corrected chi connectivity index (χ3v) is 4.74. The lowest BCUT2D eigenvalue weighted by Crippen LogP contribution is -2.44. The maximum atomic E-state index is 12.2. The van der Waals surface area contributed by atoms with Gasteiger partial charge in [-0.1, -0.05) is 0 Å². The Balaban J connectivity index is 1.59. The molecule has 130 valence electrons. The van der Waals surface area contributed by atoms with E-state index in [0.29, 0.717) is 16.3 Å². The zero-order chi connectivity index (χ0) is 17.8. The topological polar surface area (TPSA) is 78.3 Å². The molecule has 0 radical (unpaired) electrons. The molecule has 25 heavy (non-hydrogen) atoms. The van der Waals surface area contributed by atoms with Crippen molar-refractivity contribution in [3.05, 3.63) is 46.5 Å². The quantitative estimate of drug-likeness (QED) is 0.911. The van der Waals surface area contributed by atoms with Crippen LogP contribution in [0.25, 0.3) is 0 Å². The van der Waals surface area contributed by atoms with Gasteiger partial charge in [-0.05, 0) is 38.1 Å². The second-order valence-corrected chi connectivity index (χ2v) is 7.10. The second-order valence-electron chi connectivity index (χ2n) is 6.24. The minimum Gasteiger partial charge on any atom is -0.373 e. The Morgan fingerprint density at radius 1 is 1.36 bits per heavy atom. The summed E-state index contributed by atoms with van der Waals surface area (Å²) >= 11 is 1.42. The molecule has 1 amide bonds. The van der Waals surface area contributed by atoms with E-state index in [1.54, 1.807) is 24.3 Å². The molecule has 7 heteroatoms. The summed E-state index contributed by atoms with van der Waals surface area (Å²) in [6.07, 6.45) is 0.441. The molecule has 2 aromatic rings. The SMILES string of the molecule is C[C@@H]1CN(Cc2csc(NC(=O)c3ccc(C#N)cc3)n2)C[C@@H](C)O1. The fourth-order valence-electron chi connectivity index (χ4n) is 2.95. The number of carbonyl (C=O) groups excluding carboxylic acids is 1. The number of nitriles is 1. The first-order chi connectivity index (χ1) is 12.0. The molecule has 1 aliphatic rings. The zero-order valence-corrected chi connectivity index (χ0v) is 15.0. The summed E-state index contributed by atoms with van der Waals surface area (Å²) in [5.41, 5.74) is 1.98. The van der Waals surface area contributed by atoms with E-state index in [9.17, 15) is 4.79 Å². The predicted molar refractivity (Wildman–Crippen MR) is 96.5 cm³/mol. The van der Waals surface area contributed by atoms with Crippen LogP contribution in [0.15, 0.2) is 29.6 Å². The van der Waals surface area contributed by atoms with E-state index in [4.69, 9.17) is 10.00 Å². The molecule has 1 fully saturated rings. The van der Waals surface area contributed by atoms with E-state index in [0.717, 1.165) is 25.3 Å². The number of thiazole rings is 1. The molecule has 2 atom stereocenters. The van der Waals surface area contributed by atoms with Crippen molar-refractivity contribution >= 4 is 22.4 Å². The van der Waals surface area contributed by atoms with E-state index in [1.807, 2.05) is 11.4 Å². The van der Waals surface area contributed by atoms with Crippen LogP contribution in [-0.2, 0) is 11.3 Å². The Bertz CT molecular complexity index is 771. The van der Waals surface area contributed by atoms with Crippen LogP contribution in [0, 0.1) is 11.3 Å². The second kappa shape index (κ2) is 7.74. The highest BCUT2D eigenvalue weighted by molar-refractivity contribution is 7.13. The summed E-state index contributed by atoms with van der Waals surface area (Å²) in [6.45, 7) is 6.67. The average molecular weight is 356 g/mol. The minimum atomic E-state index is -0.223. The zero-order valence-electron chi connectivity index (χ0n) is 14.2. The van der Waals surface area contributed by atoms with Crippen molar-refractivity contribution in [1.29, 1.82) is 5.26 Å². The van der Waals surface area contributed by atoms with Gasteiger partial charge in [0.2, 0.25) is 0 Å². The molecule has 0 bridgehead atoms. The lowest BCUT2D eigenvalue weighted by Gasteiger charge is -2.34. The number of hydrogen-bond acceptors (Lipinski definition) is 6. The molecule has 1 saturated heterocycles. The van der Waals surface area contributed by atoms with Crippen LogP contribution < -0.4 is 5.32 Å². The summed E-state index contributed by atoms with van der Waals surface area (Å²) in [6, 6.07) is 8.57. The first-order valence-electron chi connectivity index (χ1n) is 8.17. The molecule has 1 aromatic carbocycles. The smallest absolute Gasteiger partial charge is 0.257 e. The summed E-state index contributed by atoms with van der Waals surface area (Å²) in [5, 5.41) is 14.2. The Labute approximate surface area is 151 Å². The van der Waals surface area contributed by atoms with Gasteiger partial charge < -0.3 is 4.74 Å². The number of amides is 1. The normalized spacial score (nSPS) is 20.8. The molecule has 1 N–H and O–H groups in total. The van der Waals surface area contributed by atoms with Crippen molar-refractivity contribution in [2.24, 2.45) is 0 Å². The number of carbonyl (C=O) groups is 1. The molecule has 1 aliphatic heterocycles. The Morgan fingerprint density at radius 3 is 2.68 bits per heavy atom. The maximum absolute atomic E-state index is 12.2. The van der Waals surface area contributed by atoms with Crippen LogP contribution in [0.4, 0.5) is 5.13 Å². The molecule has 0 saturated carbocycles. The van der Waals surface area contributed by atoms with E-state index >= 15 is 0 Å². The van der Waals surface area contributed by atoms with E-state index < -0.39 is 0 Å². The number of rotatable bonds is 4. The van der Waals surface area contributed by atoms with Gasteiger partial charge in [-0.25, -0.2) is 4.98 Å². The average Bonchev–Trinajstić information content (AvgIpc) is 3.00. The summed E-state index contributed by atoms with van der Waals surface area (Å²) in [7, 11) is 0. The van der Waals surface area contributed by atoms with Crippen molar-refractivity contribution in [2.75, 3.05) is 18.4 Å². The molecule has 3 rings (SSSR count). The third kappa shape index (κ3) is 4.63. The molecule has 0 spiro atoms. The van der Waals surface area contributed by atoms with Crippen LogP contribution in [0.1, 0.15) is 35.5 Å². The highest BCUT2D eigenvalue weighted by Gasteiger charge is 2.22. The molecular formula is C18H20N4O2S. The number of benzene rings is 1. The molecule has 1 aromatic heterocycles. The van der Waals surface area contributed by atoms with E-state index in [1.165, 1.54) is 11.3 Å². The maximum Gasteiger partial charge on any atom is 0.257 e. The van der Waals surface area contributed by atoms with Gasteiger partial charge in [-0.3, -0.25) is 15.0 Å². The standard InChI is InChI=1S/C18H20N4O2S/c1-12-8-22(9-13(2)24-12)10-16-11-25-18(20-16)21-17(23)15-5-3-14(7-19)4-6-15/h3-6,11-13H,8-10H2,1-2H3,(H,20,21,23)/t12-,13-/m1/s1. The molecule has 0 aliphatic carbocycles. The molecule has 0 unspecified atom stereocenters. The van der Waals surface area contributed by atoms with Crippen LogP contribution in [0.5, 0.6) is 0 Å². The van der Waals surface area contributed by atoms with Gasteiger partial charge in [0.05, 0.1) is 29.5 Å². The number of ether oxygens (including phenoxy) is 1. The number of aromatic nitrogens is 1. The Hall–Kier alpha value is -2.27. The van der Waals surface area contributed by atoms with Crippen LogP contribution in [-0.4, -0.2) is 41.1 Å². The van der Waals surface area contributed by atoms with Crippen LogP contribution in [0.2, 0.25) is 0 Å². The van der Waals surface area contributed by atoms with E-state index in [2.05, 4.69) is 29.0 Å². The first kappa shape index (κ1) is 17.5. The number of morpholine rings is 1. The van der Waals surface area contributed by atoms with Crippen molar-refractivity contribution in [3.63, 3.8) is 0 Å². The predicted octanol–water partition coefficient (Wildman–Crippen LogP) is 2.88. The van der Waals surface area contributed by atoms with Gasteiger partial charge in [0, 0.05) is 30.6 Å². The van der Waals surface area contributed by atoms with Crippen molar-refractivity contribution < 1.29 is 9.53 Å². The summed E-state index contributed by atoms with van der Waals surface area (Å²) in [4.78, 5) is 19.1. The lowest BCUT2D eigenvalue weighted by molar-refractivity contribution is -0.0707. The largest absolute Gasteiger partial charge is 0.373 e. The fraction of sp³-hybridized carbons (Fsp3) is 0.389. The Kier molecular flexibility index (Phi) is 5.43. The van der Waals surface area contributed by atoms with Crippen molar-refractivity contribution in [3.8, 4) is 6.07 Å². The first-order valence-corrected chi connectivity index (χ1v) is 9.05. The third-order valence-electron chi connectivity index (χ3n) is 3.93. The summed E-state index contributed by atoms with van der Waals surface area (Å²) in [5.74, 6) is -0.223. The van der Waals surface area contributed by atoms with Gasteiger partial charge >= 0.3 is 0 Å². The van der Waals surface area contributed by atoms with Crippen LogP contribution >= 0.6 is 11.3 Å². The van der Waals surface area contributed by atoms with Gasteiger partial charge in [-0.15, -0.1) is 11.3 Å². The van der Waals surface area contributed by atoms with Gasteiger partial charge in [0.25, 0.3) is 5.91 Å². The number of nitrogens with one attached hydrogen (secondary N) is 1. The van der Waals surface area contributed by atoms with Crippen molar-refractivity contribution in [1.82, 2.24) is 9.88 Å². The number of anilines is 1. The number of nitrogens with zero attached hydrogens (tertiary/aromatic N) is 3. The van der Waals surface area contributed by atoms with Gasteiger partial charge in [-0.2, -0.15) is 5.26 Å². The molecular weight excluding hydrogens is 336 g/mol. The van der Waals surface area contributed by atoms with E-state index in [-0.39, 0.29) is 18.1 Å². The molecule has 2 heterocycles. The Morgan fingerprint density at radius 2 is 2.04 bits per heavy atom.